The van der Waals surface area contributed by atoms with Crippen molar-refractivity contribution < 1.29 is 0 Å². The summed E-state index contributed by atoms with van der Waals surface area (Å²) in [5.41, 5.74) is 10.9. The monoisotopic (exact) mass is 737 g/mol. The number of hydrogen-bond donors (Lipinski definition) is 0. The molecule has 2 aliphatic rings. The summed E-state index contributed by atoms with van der Waals surface area (Å²) in [6.07, 6.45) is 0. The van der Waals surface area contributed by atoms with Gasteiger partial charge in [0.15, 0.2) is 17.5 Å². The number of fused-ring (bicyclic) bond motifs is 9. The highest BCUT2D eigenvalue weighted by atomic mass is 15.1. The molecule has 3 nitrogen and oxygen atoms in total. The Bertz CT molecular complexity index is 2990. The van der Waals surface area contributed by atoms with Crippen molar-refractivity contribution in [3.63, 3.8) is 0 Å². The average molecular weight is 738 g/mol. The van der Waals surface area contributed by atoms with E-state index in [2.05, 4.69) is 212 Å². The van der Waals surface area contributed by atoms with E-state index in [0.717, 1.165) is 49.7 Å². The van der Waals surface area contributed by atoms with Crippen LogP contribution in [0.25, 0.3) is 55.2 Å². The van der Waals surface area contributed by atoms with E-state index < -0.39 is 10.8 Å². The maximum atomic E-state index is 5.94. The molecule has 3 heteroatoms. The second-order valence-corrected chi connectivity index (χ2v) is 15.4. The second-order valence-electron chi connectivity index (χ2n) is 15.4. The number of rotatable bonds is 5. The third kappa shape index (κ3) is 4.36. The molecule has 1 heterocycles. The molecule has 0 saturated carbocycles. The van der Waals surface area contributed by atoms with Crippen molar-refractivity contribution in [1.82, 2.24) is 15.0 Å². The first-order valence-electron chi connectivity index (χ1n) is 20.0. The van der Waals surface area contributed by atoms with Gasteiger partial charge in [0.25, 0.3) is 0 Å². The van der Waals surface area contributed by atoms with Gasteiger partial charge in [0, 0.05) is 5.56 Å². The minimum absolute atomic E-state index is 0.649. The molecule has 2 aliphatic carbocycles. The molecule has 0 fully saturated rings. The summed E-state index contributed by atoms with van der Waals surface area (Å²) < 4.78 is 0. The van der Waals surface area contributed by atoms with Gasteiger partial charge in [0.1, 0.15) is 10.8 Å². The van der Waals surface area contributed by atoms with E-state index >= 15 is 0 Å². The van der Waals surface area contributed by atoms with Crippen LogP contribution in [0.1, 0.15) is 45.0 Å². The van der Waals surface area contributed by atoms with Gasteiger partial charge < -0.3 is 0 Å². The highest BCUT2D eigenvalue weighted by molar-refractivity contribution is 6.13. The van der Waals surface area contributed by atoms with Gasteiger partial charge in [0.2, 0.25) is 0 Å². The van der Waals surface area contributed by atoms with Crippen LogP contribution in [0.5, 0.6) is 0 Å². The quantitative estimate of drug-likeness (QED) is 0.165. The molecule has 9 aromatic carbocycles. The fraction of sp³-hybridized carbons (Fsp3) is 0.0364. The molecule has 0 radical (unpaired) electrons. The topological polar surface area (TPSA) is 38.7 Å². The first-order valence-corrected chi connectivity index (χ1v) is 20.0. The van der Waals surface area contributed by atoms with Gasteiger partial charge in [-0.15, -0.1) is 0 Å². The first-order chi connectivity index (χ1) is 28.8. The zero-order chi connectivity index (χ0) is 38.3. The molecule has 0 aliphatic heterocycles. The Morgan fingerprint density at radius 3 is 1.10 bits per heavy atom. The van der Waals surface area contributed by atoms with Gasteiger partial charge in [-0.2, -0.15) is 0 Å². The summed E-state index contributed by atoms with van der Waals surface area (Å²) in [5, 5.41) is 4.62. The van der Waals surface area contributed by atoms with Crippen LogP contribution in [0.2, 0.25) is 0 Å². The minimum Gasteiger partial charge on any atom is -0.215 e. The Morgan fingerprint density at radius 1 is 0.276 bits per heavy atom. The third-order valence-electron chi connectivity index (χ3n) is 12.6. The summed E-state index contributed by atoms with van der Waals surface area (Å²) in [6, 6.07) is 76.4. The van der Waals surface area contributed by atoms with Crippen LogP contribution in [0, 0.1) is 0 Å². The Balaban J connectivity index is 1.29. The largest absolute Gasteiger partial charge is 0.215 e. The first kappa shape index (κ1) is 32.7. The fourth-order valence-electron chi connectivity index (χ4n) is 10.3. The van der Waals surface area contributed by atoms with Crippen molar-refractivity contribution in [2.45, 2.75) is 10.8 Å². The molecule has 0 saturated heterocycles. The standard InChI is InChI=1S/C55H35N3/c1-3-20-37(21-4-1)54(47-31-15-11-27-42(47)43-28-12-16-32-48(43)54)52-56-51(46-35-36-19-7-8-24-39(36)40-25-9-10-26-41(40)46)57-53(58-52)55(38-22-5-2-6-23-38)49-33-17-13-29-44(49)45-30-14-18-34-50(45)55/h1-35H. The lowest BCUT2D eigenvalue weighted by molar-refractivity contribution is 0.631. The number of aromatic nitrogens is 3. The number of benzene rings is 9. The summed E-state index contributed by atoms with van der Waals surface area (Å²) >= 11 is 0. The lowest BCUT2D eigenvalue weighted by Crippen LogP contribution is -2.36. The smallest absolute Gasteiger partial charge is 0.164 e. The Hall–Kier alpha value is -7.49. The molecule has 0 amide bonds. The van der Waals surface area contributed by atoms with Crippen molar-refractivity contribution in [2.75, 3.05) is 0 Å². The Labute approximate surface area is 337 Å². The van der Waals surface area contributed by atoms with Crippen molar-refractivity contribution in [3.05, 3.63) is 257 Å². The van der Waals surface area contributed by atoms with Crippen molar-refractivity contribution >= 4 is 21.5 Å². The van der Waals surface area contributed by atoms with Crippen molar-refractivity contribution in [3.8, 4) is 33.6 Å². The Morgan fingerprint density at radius 2 is 0.638 bits per heavy atom. The zero-order valence-corrected chi connectivity index (χ0v) is 31.5. The molecule has 1 aromatic heterocycles. The highest BCUT2D eigenvalue weighted by Crippen LogP contribution is 2.58. The van der Waals surface area contributed by atoms with Gasteiger partial charge in [0.05, 0.1) is 0 Å². The van der Waals surface area contributed by atoms with Crippen LogP contribution >= 0.6 is 0 Å². The maximum absolute atomic E-state index is 5.94. The van der Waals surface area contributed by atoms with Gasteiger partial charge >= 0.3 is 0 Å². The molecule has 0 unspecified atom stereocenters. The van der Waals surface area contributed by atoms with Crippen LogP contribution < -0.4 is 0 Å². The van der Waals surface area contributed by atoms with Crippen molar-refractivity contribution in [1.29, 1.82) is 0 Å². The number of nitrogens with zero attached hydrogens (tertiary/aromatic N) is 3. The van der Waals surface area contributed by atoms with E-state index in [1.807, 2.05) is 0 Å². The molecular formula is C55H35N3. The second kappa shape index (κ2) is 12.5. The van der Waals surface area contributed by atoms with Crippen LogP contribution in [-0.4, -0.2) is 15.0 Å². The van der Waals surface area contributed by atoms with E-state index in [1.54, 1.807) is 0 Å². The van der Waals surface area contributed by atoms with Gasteiger partial charge in [-0.1, -0.05) is 206 Å². The molecule has 0 N–H and O–H groups in total. The summed E-state index contributed by atoms with van der Waals surface area (Å²) in [7, 11) is 0. The van der Waals surface area contributed by atoms with E-state index in [0.29, 0.717) is 17.5 Å². The van der Waals surface area contributed by atoms with Gasteiger partial charge in [-0.3, -0.25) is 0 Å². The van der Waals surface area contributed by atoms with Gasteiger partial charge in [-0.25, -0.2) is 15.0 Å². The average Bonchev–Trinajstić information content (AvgIpc) is 3.78. The molecule has 270 valence electrons. The normalized spacial score (nSPS) is 14.1. The van der Waals surface area contributed by atoms with Crippen LogP contribution in [-0.2, 0) is 10.8 Å². The molecule has 0 bridgehead atoms. The summed E-state index contributed by atoms with van der Waals surface area (Å²) in [6.45, 7) is 0. The van der Waals surface area contributed by atoms with Crippen LogP contribution in [0.4, 0.5) is 0 Å². The van der Waals surface area contributed by atoms with Crippen LogP contribution in [0.3, 0.4) is 0 Å². The highest BCUT2D eigenvalue weighted by Gasteiger charge is 2.52. The van der Waals surface area contributed by atoms with Gasteiger partial charge in [-0.05, 0) is 83.2 Å². The Kier molecular flexibility index (Phi) is 7.06. The zero-order valence-electron chi connectivity index (χ0n) is 31.5. The molecule has 12 rings (SSSR count). The molecule has 10 aromatic rings. The minimum atomic E-state index is -0.844. The lowest BCUT2D eigenvalue weighted by Gasteiger charge is -2.35. The van der Waals surface area contributed by atoms with E-state index in [-0.39, 0.29) is 0 Å². The van der Waals surface area contributed by atoms with E-state index in [9.17, 15) is 0 Å². The van der Waals surface area contributed by atoms with Crippen LogP contribution in [0.15, 0.2) is 212 Å². The maximum Gasteiger partial charge on any atom is 0.164 e. The number of hydrogen-bond acceptors (Lipinski definition) is 3. The summed E-state index contributed by atoms with van der Waals surface area (Å²) in [4.78, 5) is 17.5. The molecule has 58 heavy (non-hydrogen) atoms. The van der Waals surface area contributed by atoms with Crippen molar-refractivity contribution in [2.24, 2.45) is 0 Å². The summed E-state index contributed by atoms with van der Waals surface area (Å²) in [5.74, 6) is 2.05. The fourth-order valence-corrected chi connectivity index (χ4v) is 10.3. The predicted molar refractivity (Wildman–Crippen MR) is 235 cm³/mol. The molecular weight excluding hydrogens is 703 g/mol. The van der Waals surface area contributed by atoms with E-state index in [4.69, 9.17) is 15.0 Å². The molecule has 0 spiro atoms. The predicted octanol–water partition coefficient (Wildman–Crippen LogP) is 12.6. The third-order valence-corrected chi connectivity index (χ3v) is 12.6. The van der Waals surface area contributed by atoms with E-state index in [1.165, 1.54) is 33.0 Å². The molecule has 0 atom stereocenters. The SMILES string of the molecule is c1ccc(C2(c3nc(-c4cc5ccccc5c5ccccc45)nc(C4(c5ccccc5)c5ccccc5-c5ccccc54)n3)c3ccccc3-c3ccccc32)cc1. The lowest BCUT2D eigenvalue weighted by atomic mass is 9.70.